The number of aryl methyl sites for hydroxylation is 2. The maximum absolute atomic E-state index is 12.0. The standard InChI is InChI=1S/C12H15NO4S/c1-8(12(14)15)13-18(16,17)11-6-5-9-3-2-4-10(9)7-11/h5-8,13H,2-4H2,1H3,(H,14,15). The Balaban J connectivity index is 2.28. The zero-order valence-electron chi connectivity index (χ0n) is 10.0. The third kappa shape index (κ3) is 2.54. The van der Waals surface area contributed by atoms with Crippen LogP contribution in [-0.4, -0.2) is 25.5 Å². The Hall–Kier alpha value is -1.40. The minimum atomic E-state index is -3.76. The van der Waals surface area contributed by atoms with Crippen molar-refractivity contribution in [3.8, 4) is 0 Å². The maximum atomic E-state index is 12.0. The molecule has 1 atom stereocenters. The second-order valence-electron chi connectivity index (χ2n) is 4.47. The second kappa shape index (κ2) is 4.70. The summed E-state index contributed by atoms with van der Waals surface area (Å²) in [5.41, 5.74) is 2.22. The van der Waals surface area contributed by atoms with E-state index in [4.69, 9.17) is 5.11 Å². The number of sulfonamides is 1. The predicted octanol–water partition coefficient (Wildman–Crippen LogP) is 0.927. The number of hydrogen-bond donors (Lipinski definition) is 2. The minimum absolute atomic E-state index is 0.135. The van der Waals surface area contributed by atoms with Gasteiger partial charge >= 0.3 is 5.97 Å². The average Bonchev–Trinajstić information content (AvgIpc) is 2.74. The highest BCUT2D eigenvalue weighted by Gasteiger charge is 2.23. The third-order valence-corrected chi connectivity index (χ3v) is 4.62. The number of fused-ring (bicyclic) bond motifs is 1. The molecular weight excluding hydrogens is 254 g/mol. The van der Waals surface area contributed by atoms with Gasteiger partial charge in [0.1, 0.15) is 6.04 Å². The van der Waals surface area contributed by atoms with Gasteiger partial charge in [-0.25, -0.2) is 8.42 Å². The first kappa shape index (κ1) is 13.0. The maximum Gasteiger partial charge on any atom is 0.321 e. The smallest absolute Gasteiger partial charge is 0.321 e. The fourth-order valence-corrected chi connectivity index (χ4v) is 3.31. The van der Waals surface area contributed by atoms with Gasteiger partial charge in [-0.1, -0.05) is 6.07 Å². The van der Waals surface area contributed by atoms with Crippen molar-refractivity contribution in [2.45, 2.75) is 37.1 Å². The van der Waals surface area contributed by atoms with Gasteiger partial charge in [0, 0.05) is 0 Å². The van der Waals surface area contributed by atoms with Gasteiger partial charge in [0.25, 0.3) is 0 Å². The van der Waals surface area contributed by atoms with E-state index >= 15 is 0 Å². The Morgan fingerprint density at radius 1 is 1.33 bits per heavy atom. The average molecular weight is 269 g/mol. The fraction of sp³-hybridized carbons (Fsp3) is 0.417. The quantitative estimate of drug-likeness (QED) is 0.851. The van der Waals surface area contributed by atoms with E-state index in [0.29, 0.717) is 0 Å². The number of aliphatic carboxylic acids is 1. The summed E-state index contributed by atoms with van der Waals surface area (Å²) in [6.45, 7) is 1.30. The van der Waals surface area contributed by atoms with Crippen molar-refractivity contribution < 1.29 is 18.3 Å². The third-order valence-electron chi connectivity index (χ3n) is 3.08. The van der Waals surface area contributed by atoms with Gasteiger partial charge in [0.15, 0.2) is 0 Å². The highest BCUT2D eigenvalue weighted by Crippen LogP contribution is 2.24. The normalized spacial score (nSPS) is 16.3. The SMILES string of the molecule is CC(NS(=O)(=O)c1ccc2c(c1)CCC2)C(=O)O. The lowest BCUT2D eigenvalue weighted by molar-refractivity contribution is -0.138. The molecule has 1 unspecified atom stereocenters. The molecule has 1 aromatic carbocycles. The van der Waals surface area contributed by atoms with Crippen molar-refractivity contribution in [2.24, 2.45) is 0 Å². The number of carboxylic acids is 1. The van der Waals surface area contributed by atoms with E-state index < -0.39 is 22.0 Å². The topological polar surface area (TPSA) is 83.5 Å². The molecule has 0 radical (unpaired) electrons. The lowest BCUT2D eigenvalue weighted by atomic mass is 10.1. The molecule has 1 aliphatic rings. The molecule has 0 amide bonds. The highest BCUT2D eigenvalue weighted by molar-refractivity contribution is 7.89. The molecule has 2 N–H and O–H groups in total. The molecule has 1 aliphatic carbocycles. The Labute approximate surface area is 106 Å². The monoisotopic (exact) mass is 269 g/mol. The van der Waals surface area contributed by atoms with Crippen LogP contribution >= 0.6 is 0 Å². The Kier molecular flexibility index (Phi) is 3.41. The summed E-state index contributed by atoms with van der Waals surface area (Å²) in [4.78, 5) is 10.8. The summed E-state index contributed by atoms with van der Waals surface area (Å²) in [6, 6.07) is 3.84. The summed E-state index contributed by atoms with van der Waals surface area (Å²) in [7, 11) is -3.76. The Morgan fingerprint density at radius 3 is 2.67 bits per heavy atom. The van der Waals surface area contributed by atoms with Gasteiger partial charge in [0.05, 0.1) is 4.90 Å². The van der Waals surface area contributed by atoms with Crippen molar-refractivity contribution >= 4 is 16.0 Å². The molecule has 0 spiro atoms. The molecule has 2 rings (SSSR count). The van der Waals surface area contributed by atoms with Crippen molar-refractivity contribution in [3.63, 3.8) is 0 Å². The van der Waals surface area contributed by atoms with Gasteiger partial charge in [-0.15, -0.1) is 0 Å². The first-order chi connectivity index (χ1) is 8.40. The summed E-state index contributed by atoms with van der Waals surface area (Å²) >= 11 is 0. The molecule has 0 saturated heterocycles. The number of carbonyl (C=O) groups is 1. The number of carboxylic acid groups (broad SMARTS) is 1. The highest BCUT2D eigenvalue weighted by atomic mass is 32.2. The molecule has 98 valence electrons. The summed E-state index contributed by atoms with van der Waals surface area (Å²) < 4.78 is 26.1. The van der Waals surface area contributed by atoms with Crippen LogP contribution in [0.15, 0.2) is 23.1 Å². The first-order valence-corrected chi connectivity index (χ1v) is 7.25. The Morgan fingerprint density at radius 2 is 2.00 bits per heavy atom. The van der Waals surface area contributed by atoms with Crippen LogP contribution in [0.5, 0.6) is 0 Å². The largest absolute Gasteiger partial charge is 0.480 e. The molecule has 5 nitrogen and oxygen atoms in total. The van der Waals surface area contributed by atoms with E-state index in [9.17, 15) is 13.2 Å². The van der Waals surface area contributed by atoms with E-state index in [-0.39, 0.29) is 4.90 Å². The van der Waals surface area contributed by atoms with E-state index in [0.717, 1.165) is 24.8 Å². The predicted molar refractivity (Wildman–Crippen MR) is 65.9 cm³/mol. The molecule has 0 heterocycles. The number of benzene rings is 1. The molecule has 6 heteroatoms. The number of rotatable bonds is 4. The zero-order valence-corrected chi connectivity index (χ0v) is 10.8. The van der Waals surface area contributed by atoms with Gasteiger partial charge in [-0.2, -0.15) is 4.72 Å². The van der Waals surface area contributed by atoms with Crippen molar-refractivity contribution in [2.75, 3.05) is 0 Å². The van der Waals surface area contributed by atoms with E-state index in [1.165, 1.54) is 18.6 Å². The summed E-state index contributed by atoms with van der Waals surface area (Å²) in [5.74, 6) is -1.19. The number of hydrogen-bond acceptors (Lipinski definition) is 3. The van der Waals surface area contributed by atoms with E-state index in [1.807, 2.05) is 6.07 Å². The summed E-state index contributed by atoms with van der Waals surface area (Å²) in [6.07, 6.45) is 2.90. The van der Waals surface area contributed by atoms with Crippen LogP contribution in [0.2, 0.25) is 0 Å². The van der Waals surface area contributed by atoms with Crippen LogP contribution in [0.25, 0.3) is 0 Å². The van der Waals surface area contributed by atoms with E-state index in [1.54, 1.807) is 6.07 Å². The van der Waals surface area contributed by atoms with Crippen molar-refractivity contribution in [1.82, 2.24) is 4.72 Å². The molecular formula is C12H15NO4S. The van der Waals surface area contributed by atoms with Crippen molar-refractivity contribution in [1.29, 1.82) is 0 Å². The van der Waals surface area contributed by atoms with Gasteiger partial charge < -0.3 is 5.11 Å². The zero-order chi connectivity index (χ0) is 13.3. The molecule has 0 aliphatic heterocycles. The molecule has 1 aromatic rings. The lowest BCUT2D eigenvalue weighted by Gasteiger charge is -2.11. The lowest BCUT2D eigenvalue weighted by Crippen LogP contribution is -2.38. The summed E-state index contributed by atoms with van der Waals surface area (Å²) in [5, 5.41) is 8.72. The molecule has 18 heavy (non-hydrogen) atoms. The second-order valence-corrected chi connectivity index (χ2v) is 6.18. The van der Waals surface area contributed by atoms with E-state index in [2.05, 4.69) is 4.72 Å². The minimum Gasteiger partial charge on any atom is -0.480 e. The first-order valence-electron chi connectivity index (χ1n) is 5.77. The van der Waals surface area contributed by atoms with Crippen LogP contribution in [0.4, 0.5) is 0 Å². The van der Waals surface area contributed by atoms with Crippen LogP contribution in [0.1, 0.15) is 24.5 Å². The van der Waals surface area contributed by atoms with Crippen LogP contribution in [0, 0.1) is 0 Å². The van der Waals surface area contributed by atoms with Crippen molar-refractivity contribution in [3.05, 3.63) is 29.3 Å². The molecule has 0 aromatic heterocycles. The fourth-order valence-electron chi connectivity index (χ4n) is 2.07. The van der Waals surface area contributed by atoms with Gasteiger partial charge in [0.2, 0.25) is 10.0 Å². The molecule has 0 fully saturated rings. The van der Waals surface area contributed by atoms with Gasteiger partial charge in [-0.3, -0.25) is 4.79 Å². The van der Waals surface area contributed by atoms with Gasteiger partial charge in [-0.05, 0) is 49.4 Å². The van der Waals surface area contributed by atoms with Crippen LogP contribution < -0.4 is 4.72 Å². The number of nitrogens with one attached hydrogen (secondary N) is 1. The van der Waals surface area contributed by atoms with Crippen LogP contribution in [0.3, 0.4) is 0 Å². The van der Waals surface area contributed by atoms with Crippen LogP contribution in [-0.2, 0) is 27.7 Å². The Bertz CT molecular complexity index is 580. The molecule has 0 saturated carbocycles. The molecule has 0 bridgehead atoms.